The number of aromatic nitrogens is 1. The second kappa shape index (κ2) is 8.40. The first-order valence-corrected chi connectivity index (χ1v) is 7.23. The molecule has 1 heterocycles. The van der Waals surface area contributed by atoms with E-state index in [4.69, 9.17) is 5.11 Å². The van der Waals surface area contributed by atoms with Crippen molar-refractivity contribution in [3.8, 4) is 0 Å². The van der Waals surface area contributed by atoms with Gasteiger partial charge in [-0.25, -0.2) is 4.79 Å². The second-order valence-corrected chi connectivity index (χ2v) is 5.05. The van der Waals surface area contributed by atoms with Crippen molar-refractivity contribution >= 4 is 11.9 Å². The minimum atomic E-state index is -1.02. The van der Waals surface area contributed by atoms with Crippen LogP contribution in [0.2, 0.25) is 0 Å². The predicted octanol–water partition coefficient (Wildman–Crippen LogP) is 2.52. The number of carbonyl (C=O) groups excluding carboxylic acids is 1. The fraction of sp³-hybridized carbons (Fsp3) is 0.600. The van der Waals surface area contributed by atoms with E-state index in [0.717, 1.165) is 19.3 Å². The quantitative estimate of drug-likeness (QED) is 0.730. The van der Waals surface area contributed by atoms with Gasteiger partial charge in [-0.15, -0.1) is 0 Å². The van der Waals surface area contributed by atoms with E-state index in [-0.39, 0.29) is 18.1 Å². The molecule has 1 amide bonds. The number of carbonyl (C=O) groups is 2. The summed E-state index contributed by atoms with van der Waals surface area (Å²) in [6, 6.07) is 3.12. The van der Waals surface area contributed by atoms with Crippen LogP contribution in [0.3, 0.4) is 0 Å². The highest BCUT2D eigenvalue weighted by atomic mass is 16.4. The Balaban J connectivity index is 2.43. The Morgan fingerprint density at radius 1 is 1.40 bits per heavy atom. The zero-order valence-electron chi connectivity index (χ0n) is 12.3. The van der Waals surface area contributed by atoms with Crippen molar-refractivity contribution in [3.63, 3.8) is 0 Å². The van der Waals surface area contributed by atoms with Crippen LogP contribution in [0, 0.1) is 5.92 Å². The molecule has 0 aliphatic carbocycles. The van der Waals surface area contributed by atoms with Gasteiger partial charge in [0.05, 0.1) is 0 Å². The van der Waals surface area contributed by atoms with Gasteiger partial charge in [0.25, 0.3) is 0 Å². The molecule has 0 aliphatic heterocycles. The minimum Gasteiger partial charge on any atom is -0.477 e. The van der Waals surface area contributed by atoms with Crippen LogP contribution < -0.4 is 5.32 Å². The Hall–Kier alpha value is -1.78. The van der Waals surface area contributed by atoms with Crippen LogP contribution >= 0.6 is 0 Å². The van der Waals surface area contributed by atoms with E-state index in [2.05, 4.69) is 19.2 Å². The number of hydrogen-bond donors (Lipinski definition) is 2. The van der Waals surface area contributed by atoms with Gasteiger partial charge in [0, 0.05) is 12.7 Å². The average Bonchev–Trinajstić information content (AvgIpc) is 2.87. The average molecular weight is 280 g/mol. The smallest absolute Gasteiger partial charge is 0.352 e. The first kappa shape index (κ1) is 16.3. The Morgan fingerprint density at radius 3 is 2.75 bits per heavy atom. The molecule has 20 heavy (non-hydrogen) atoms. The molecule has 112 valence electrons. The summed E-state index contributed by atoms with van der Waals surface area (Å²) in [7, 11) is 0. The lowest BCUT2D eigenvalue weighted by Gasteiger charge is -2.15. The first-order chi connectivity index (χ1) is 9.58. The number of amides is 1. The maximum absolute atomic E-state index is 11.9. The lowest BCUT2D eigenvalue weighted by atomic mass is 9.99. The van der Waals surface area contributed by atoms with Gasteiger partial charge in [0.1, 0.15) is 12.2 Å². The van der Waals surface area contributed by atoms with E-state index >= 15 is 0 Å². The molecule has 1 aromatic heterocycles. The molecule has 1 rings (SSSR count). The lowest BCUT2D eigenvalue weighted by molar-refractivity contribution is -0.121. The fourth-order valence-corrected chi connectivity index (χ4v) is 2.16. The SMILES string of the molecule is CCCCC(CC)CNC(=O)Cn1cccc1C(=O)O. The normalized spacial score (nSPS) is 12.1. The molecule has 1 unspecified atom stereocenters. The van der Waals surface area contributed by atoms with Gasteiger partial charge in [0.15, 0.2) is 0 Å². The number of unbranched alkanes of at least 4 members (excludes halogenated alkanes) is 1. The molecule has 0 bridgehead atoms. The van der Waals surface area contributed by atoms with Gasteiger partial charge in [-0.3, -0.25) is 4.79 Å². The van der Waals surface area contributed by atoms with Crippen molar-refractivity contribution in [2.24, 2.45) is 5.92 Å². The minimum absolute atomic E-state index is 0.0544. The van der Waals surface area contributed by atoms with E-state index in [1.54, 1.807) is 12.3 Å². The van der Waals surface area contributed by atoms with Crippen LogP contribution in [-0.4, -0.2) is 28.1 Å². The number of aromatic carboxylic acids is 1. The summed E-state index contributed by atoms with van der Waals surface area (Å²) in [5, 5.41) is 11.9. The summed E-state index contributed by atoms with van der Waals surface area (Å²) in [5.74, 6) is -0.654. The predicted molar refractivity (Wildman–Crippen MR) is 77.7 cm³/mol. The highest BCUT2D eigenvalue weighted by Gasteiger charge is 2.12. The van der Waals surface area contributed by atoms with Gasteiger partial charge in [-0.05, 0) is 24.5 Å². The molecule has 0 aliphatic rings. The van der Waals surface area contributed by atoms with Crippen LogP contribution in [0.15, 0.2) is 18.3 Å². The van der Waals surface area contributed by atoms with Gasteiger partial charge < -0.3 is 15.0 Å². The van der Waals surface area contributed by atoms with E-state index in [1.807, 2.05) is 0 Å². The van der Waals surface area contributed by atoms with Crippen molar-refractivity contribution < 1.29 is 14.7 Å². The molecule has 0 radical (unpaired) electrons. The van der Waals surface area contributed by atoms with Crippen LogP contribution in [-0.2, 0) is 11.3 Å². The van der Waals surface area contributed by atoms with Crippen molar-refractivity contribution in [2.75, 3.05) is 6.54 Å². The third kappa shape index (κ3) is 5.07. The Kier molecular flexibility index (Phi) is 6.84. The maximum atomic E-state index is 11.9. The molecule has 0 spiro atoms. The number of nitrogens with one attached hydrogen (secondary N) is 1. The maximum Gasteiger partial charge on any atom is 0.352 e. The summed E-state index contributed by atoms with van der Waals surface area (Å²) in [6.07, 6.45) is 6.11. The topological polar surface area (TPSA) is 71.3 Å². The Morgan fingerprint density at radius 2 is 2.15 bits per heavy atom. The fourth-order valence-electron chi connectivity index (χ4n) is 2.16. The monoisotopic (exact) mass is 280 g/mol. The number of nitrogens with zero attached hydrogens (tertiary/aromatic N) is 1. The molecular weight excluding hydrogens is 256 g/mol. The molecular formula is C15H24N2O3. The number of carboxylic acids is 1. The Labute approximate surface area is 120 Å². The van der Waals surface area contributed by atoms with E-state index in [0.29, 0.717) is 12.5 Å². The molecule has 1 atom stereocenters. The zero-order valence-corrected chi connectivity index (χ0v) is 12.3. The van der Waals surface area contributed by atoms with Crippen LogP contribution in [0.1, 0.15) is 50.0 Å². The van der Waals surface area contributed by atoms with E-state index in [9.17, 15) is 9.59 Å². The number of carboxylic acid groups (broad SMARTS) is 1. The molecule has 5 heteroatoms. The van der Waals surface area contributed by atoms with Crippen molar-refractivity contribution in [2.45, 2.75) is 46.1 Å². The molecule has 0 saturated carbocycles. The highest BCUT2D eigenvalue weighted by Crippen LogP contribution is 2.11. The molecule has 5 nitrogen and oxygen atoms in total. The first-order valence-electron chi connectivity index (χ1n) is 7.23. The molecule has 1 aromatic rings. The third-order valence-electron chi connectivity index (χ3n) is 3.49. The third-order valence-corrected chi connectivity index (χ3v) is 3.49. The molecule has 0 saturated heterocycles. The number of rotatable bonds is 9. The van der Waals surface area contributed by atoms with Crippen LogP contribution in [0.25, 0.3) is 0 Å². The summed E-state index contributed by atoms with van der Waals surface area (Å²) >= 11 is 0. The standard InChI is InChI=1S/C15H24N2O3/c1-3-5-7-12(4-2)10-16-14(18)11-17-9-6-8-13(17)15(19)20/h6,8-9,12H,3-5,7,10-11H2,1-2H3,(H,16,18)(H,19,20). The molecule has 0 aromatic carbocycles. The van der Waals surface area contributed by atoms with Gasteiger partial charge in [-0.1, -0.05) is 33.1 Å². The summed E-state index contributed by atoms with van der Waals surface area (Å²) < 4.78 is 1.45. The van der Waals surface area contributed by atoms with Crippen LogP contribution in [0.5, 0.6) is 0 Å². The van der Waals surface area contributed by atoms with Crippen molar-refractivity contribution in [1.29, 1.82) is 0 Å². The zero-order chi connectivity index (χ0) is 15.0. The van der Waals surface area contributed by atoms with Crippen LogP contribution in [0.4, 0.5) is 0 Å². The van der Waals surface area contributed by atoms with E-state index < -0.39 is 5.97 Å². The summed E-state index contributed by atoms with van der Waals surface area (Å²) in [5.41, 5.74) is 0.137. The highest BCUT2D eigenvalue weighted by molar-refractivity contribution is 5.86. The van der Waals surface area contributed by atoms with Crippen molar-refractivity contribution in [1.82, 2.24) is 9.88 Å². The second-order valence-electron chi connectivity index (χ2n) is 5.05. The largest absolute Gasteiger partial charge is 0.477 e. The summed E-state index contributed by atoms with van der Waals surface area (Å²) in [4.78, 5) is 22.8. The van der Waals surface area contributed by atoms with Gasteiger partial charge in [-0.2, -0.15) is 0 Å². The Bertz CT molecular complexity index is 440. The summed E-state index contributed by atoms with van der Waals surface area (Å²) in [6.45, 7) is 5.00. The lowest BCUT2D eigenvalue weighted by Crippen LogP contribution is -2.32. The molecule has 2 N–H and O–H groups in total. The van der Waals surface area contributed by atoms with Gasteiger partial charge >= 0.3 is 5.97 Å². The van der Waals surface area contributed by atoms with Crippen molar-refractivity contribution in [3.05, 3.63) is 24.0 Å². The van der Waals surface area contributed by atoms with Gasteiger partial charge in [0.2, 0.25) is 5.91 Å². The number of hydrogen-bond acceptors (Lipinski definition) is 2. The van der Waals surface area contributed by atoms with E-state index in [1.165, 1.54) is 17.1 Å². The molecule has 0 fully saturated rings.